The molecule has 0 fully saturated rings. The van der Waals surface area contributed by atoms with E-state index < -0.39 is 0 Å². The molecule has 0 aliphatic carbocycles. The van der Waals surface area contributed by atoms with Gasteiger partial charge in [0.15, 0.2) is 0 Å². The first-order valence-electron chi connectivity index (χ1n) is 5.53. The van der Waals surface area contributed by atoms with Crippen molar-refractivity contribution in [3.8, 4) is 0 Å². The van der Waals surface area contributed by atoms with Gasteiger partial charge in [0.2, 0.25) is 0 Å². The predicted molar refractivity (Wildman–Crippen MR) is 76.2 cm³/mol. The van der Waals surface area contributed by atoms with E-state index in [1.165, 1.54) is 11.3 Å². The van der Waals surface area contributed by atoms with E-state index >= 15 is 0 Å². The third kappa shape index (κ3) is 3.45. The van der Waals surface area contributed by atoms with Crippen LogP contribution in [0.3, 0.4) is 0 Å². The van der Waals surface area contributed by atoms with Gasteiger partial charge in [0, 0.05) is 18.3 Å². The maximum atomic E-state index is 4.50. The molecular weight excluding hydrogens is 332 g/mol. The molecule has 1 heterocycles. The first-order valence-corrected chi connectivity index (χ1v) is 7.45. The van der Waals surface area contributed by atoms with Crippen molar-refractivity contribution in [3.63, 3.8) is 0 Å². The Morgan fingerprint density at radius 1 is 1.50 bits per heavy atom. The molecule has 2 nitrogen and oxygen atoms in total. The maximum absolute atomic E-state index is 4.50. The third-order valence-electron chi connectivity index (χ3n) is 2.50. The van der Waals surface area contributed by atoms with Gasteiger partial charge in [0.05, 0.1) is 15.9 Å². The zero-order valence-electron chi connectivity index (χ0n) is 10.1. The van der Waals surface area contributed by atoms with Crippen molar-refractivity contribution in [1.29, 1.82) is 0 Å². The number of hydrogen-bond acceptors (Lipinski definition) is 1. The standard InChI is InChI=1S/C12H18Br2N2/c1-4-16-11(12(14)10(3)15-16)8-9(2)6-5-7-13/h6H,4-5,7-8H2,1-3H3. The van der Waals surface area contributed by atoms with E-state index in [-0.39, 0.29) is 0 Å². The van der Waals surface area contributed by atoms with Crippen molar-refractivity contribution < 1.29 is 0 Å². The van der Waals surface area contributed by atoms with E-state index in [0.29, 0.717) is 0 Å². The third-order valence-corrected chi connectivity index (χ3v) is 3.99. The van der Waals surface area contributed by atoms with Gasteiger partial charge in [-0.15, -0.1) is 0 Å². The molecule has 0 aliphatic heterocycles. The van der Waals surface area contributed by atoms with Gasteiger partial charge in [0.1, 0.15) is 0 Å². The second-order valence-corrected chi connectivity index (χ2v) is 5.45. The lowest BCUT2D eigenvalue weighted by atomic mass is 10.1. The van der Waals surface area contributed by atoms with Crippen LogP contribution in [0.25, 0.3) is 0 Å². The van der Waals surface area contributed by atoms with Crippen LogP contribution in [0.4, 0.5) is 0 Å². The van der Waals surface area contributed by atoms with Gasteiger partial charge < -0.3 is 0 Å². The highest BCUT2D eigenvalue weighted by molar-refractivity contribution is 9.10. The molecule has 90 valence electrons. The highest BCUT2D eigenvalue weighted by Gasteiger charge is 2.11. The number of nitrogens with zero attached hydrogens (tertiary/aromatic N) is 2. The van der Waals surface area contributed by atoms with Crippen LogP contribution in [-0.4, -0.2) is 15.1 Å². The fourth-order valence-corrected chi connectivity index (χ4v) is 2.33. The molecule has 1 aromatic rings. The van der Waals surface area contributed by atoms with Gasteiger partial charge in [-0.05, 0) is 43.1 Å². The van der Waals surface area contributed by atoms with Gasteiger partial charge in [-0.2, -0.15) is 5.10 Å². The molecular formula is C12H18Br2N2. The largest absolute Gasteiger partial charge is 0.268 e. The van der Waals surface area contributed by atoms with Crippen molar-refractivity contribution in [2.75, 3.05) is 5.33 Å². The first-order chi connectivity index (χ1) is 7.60. The molecule has 0 unspecified atom stereocenters. The topological polar surface area (TPSA) is 17.8 Å². The Bertz CT molecular complexity index is 381. The number of aryl methyl sites for hydroxylation is 2. The average Bonchev–Trinajstić information content (AvgIpc) is 2.54. The zero-order valence-corrected chi connectivity index (χ0v) is 13.2. The van der Waals surface area contributed by atoms with E-state index in [0.717, 1.165) is 34.9 Å². The molecule has 4 heteroatoms. The number of halogens is 2. The molecule has 0 N–H and O–H groups in total. The number of allylic oxidation sites excluding steroid dienone is 2. The summed E-state index contributed by atoms with van der Waals surface area (Å²) in [5.41, 5.74) is 3.75. The summed E-state index contributed by atoms with van der Waals surface area (Å²) in [6, 6.07) is 0. The second kappa shape index (κ2) is 6.60. The summed E-state index contributed by atoms with van der Waals surface area (Å²) in [5, 5.41) is 5.52. The van der Waals surface area contributed by atoms with Crippen LogP contribution in [0.2, 0.25) is 0 Å². The summed E-state index contributed by atoms with van der Waals surface area (Å²) < 4.78 is 3.23. The van der Waals surface area contributed by atoms with Gasteiger partial charge in [-0.3, -0.25) is 4.68 Å². The molecule has 0 saturated carbocycles. The molecule has 16 heavy (non-hydrogen) atoms. The van der Waals surface area contributed by atoms with Crippen LogP contribution < -0.4 is 0 Å². The number of alkyl halides is 1. The highest BCUT2D eigenvalue weighted by atomic mass is 79.9. The number of rotatable bonds is 5. The first kappa shape index (κ1) is 14.0. The van der Waals surface area contributed by atoms with Crippen molar-refractivity contribution in [2.24, 2.45) is 0 Å². The normalized spacial score (nSPS) is 12.2. The van der Waals surface area contributed by atoms with E-state index in [9.17, 15) is 0 Å². The fraction of sp³-hybridized carbons (Fsp3) is 0.583. The van der Waals surface area contributed by atoms with Crippen molar-refractivity contribution >= 4 is 31.9 Å². The maximum Gasteiger partial charge on any atom is 0.0738 e. The molecule has 0 atom stereocenters. The minimum absolute atomic E-state index is 0.924. The summed E-state index contributed by atoms with van der Waals surface area (Å²) in [4.78, 5) is 0. The molecule has 1 rings (SSSR count). The van der Waals surface area contributed by atoms with Gasteiger partial charge >= 0.3 is 0 Å². The fourth-order valence-electron chi connectivity index (χ4n) is 1.68. The van der Waals surface area contributed by atoms with E-state index in [2.05, 4.69) is 61.6 Å². The molecule has 0 radical (unpaired) electrons. The summed E-state index contributed by atoms with van der Waals surface area (Å²) in [6.07, 6.45) is 4.34. The molecule has 0 spiro atoms. The van der Waals surface area contributed by atoms with Gasteiger partial charge in [-0.25, -0.2) is 0 Å². The molecule has 0 amide bonds. The Balaban J connectivity index is 2.87. The van der Waals surface area contributed by atoms with Crippen LogP contribution >= 0.6 is 31.9 Å². The minimum atomic E-state index is 0.924. The lowest BCUT2D eigenvalue weighted by Crippen LogP contribution is -2.03. The van der Waals surface area contributed by atoms with Gasteiger partial charge in [-0.1, -0.05) is 27.6 Å². The summed E-state index contributed by atoms with van der Waals surface area (Å²) in [6.45, 7) is 7.27. The van der Waals surface area contributed by atoms with Crippen LogP contribution in [0.1, 0.15) is 31.7 Å². The lowest BCUT2D eigenvalue weighted by Gasteiger charge is -2.05. The molecule has 0 bridgehead atoms. The van der Waals surface area contributed by atoms with Crippen molar-refractivity contribution in [2.45, 2.75) is 40.2 Å². The van der Waals surface area contributed by atoms with Crippen LogP contribution in [-0.2, 0) is 13.0 Å². The van der Waals surface area contributed by atoms with Gasteiger partial charge in [0.25, 0.3) is 0 Å². The van der Waals surface area contributed by atoms with E-state index in [1.54, 1.807) is 0 Å². The van der Waals surface area contributed by atoms with Crippen LogP contribution in [0, 0.1) is 6.92 Å². The Labute approximate surface area is 114 Å². The van der Waals surface area contributed by atoms with Crippen molar-refractivity contribution in [3.05, 3.63) is 27.5 Å². The summed E-state index contributed by atoms with van der Waals surface area (Å²) >= 11 is 7.06. The molecule has 1 aromatic heterocycles. The van der Waals surface area contributed by atoms with E-state index in [1.807, 2.05) is 6.92 Å². The summed E-state index contributed by atoms with van der Waals surface area (Å²) in [7, 11) is 0. The molecule has 0 aromatic carbocycles. The minimum Gasteiger partial charge on any atom is -0.268 e. The second-order valence-electron chi connectivity index (χ2n) is 3.87. The van der Waals surface area contributed by atoms with E-state index in [4.69, 9.17) is 0 Å². The Hall–Kier alpha value is -0.0900. The lowest BCUT2D eigenvalue weighted by molar-refractivity contribution is 0.623. The Morgan fingerprint density at radius 3 is 2.75 bits per heavy atom. The Kier molecular flexibility index (Phi) is 5.76. The molecule has 0 aliphatic rings. The average molecular weight is 350 g/mol. The zero-order chi connectivity index (χ0) is 12.1. The quantitative estimate of drug-likeness (QED) is 0.574. The highest BCUT2D eigenvalue weighted by Crippen LogP contribution is 2.23. The smallest absolute Gasteiger partial charge is 0.0738 e. The number of hydrogen-bond donors (Lipinski definition) is 0. The number of aromatic nitrogens is 2. The van der Waals surface area contributed by atoms with Crippen molar-refractivity contribution in [1.82, 2.24) is 9.78 Å². The van der Waals surface area contributed by atoms with Crippen LogP contribution in [0.15, 0.2) is 16.1 Å². The monoisotopic (exact) mass is 348 g/mol. The Morgan fingerprint density at radius 2 is 2.19 bits per heavy atom. The van der Waals surface area contributed by atoms with Crippen LogP contribution in [0.5, 0.6) is 0 Å². The predicted octanol–water partition coefficient (Wildman–Crippen LogP) is 4.25. The molecule has 0 saturated heterocycles. The SMILES string of the molecule is CCn1nc(C)c(Br)c1CC(C)=CCCBr. The summed E-state index contributed by atoms with van der Waals surface area (Å²) in [5.74, 6) is 0.